The maximum atomic E-state index is 11.5. The molecular formula is C9H13N5O. The number of fused-ring (bicyclic) bond motifs is 1. The predicted molar refractivity (Wildman–Crippen MR) is 57.6 cm³/mol. The van der Waals surface area contributed by atoms with Gasteiger partial charge in [-0.2, -0.15) is 10.1 Å². The Bertz CT molecular complexity index is 560. The second-order valence-electron chi connectivity index (χ2n) is 4.43. The molecule has 0 aliphatic carbocycles. The molecule has 2 heterocycles. The van der Waals surface area contributed by atoms with Gasteiger partial charge >= 0.3 is 0 Å². The Kier molecular flexibility index (Phi) is 1.82. The van der Waals surface area contributed by atoms with E-state index in [9.17, 15) is 4.79 Å². The third kappa shape index (κ3) is 1.58. The number of nitrogens with two attached hydrogens (primary N) is 1. The van der Waals surface area contributed by atoms with E-state index in [0.717, 1.165) is 0 Å². The lowest BCUT2D eigenvalue weighted by molar-refractivity contribution is 0.358. The Balaban J connectivity index is 2.77. The van der Waals surface area contributed by atoms with Crippen LogP contribution in [0.4, 0.5) is 5.95 Å². The van der Waals surface area contributed by atoms with Gasteiger partial charge in [0.2, 0.25) is 5.95 Å². The molecule has 0 saturated carbocycles. The average molecular weight is 207 g/mol. The summed E-state index contributed by atoms with van der Waals surface area (Å²) in [7, 11) is 0. The number of nitrogen functional groups attached to an aromatic ring is 1. The molecule has 2 aromatic heterocycles. The normalized spacial score (nSPS) is 12.2. The summed E-state index contributed by atoms with van der Waals surface area (Å²) in [5, 5.41) is 4.67. The lowest BCUT2D eigenvalue weighted by atomic mass is 10.1. The van der Waals surface area contributed by atoms with Gasteiger partial charge in [0, 0.05) is 6.20 Å². The predicted octanol–water partition coefficient (Wildman–Crippen LogP) is 0.457. The first kappa shape index (κ1) is 9.70. The van der Waals surface area contributed by atoms with Crippen LogP contribution in [0.3, 0.4) is 0 Å². The van der Waals surface area contributed by atoms with Crippen molar-refractivity contribution in [3.63, 3.8) is 0 Å². The SMILES string of the molecule is CC(C)(C)n1cc2c(=O)[nH]c(N)nc2n1. The zero-order valence-electron chi connectivity index (χ0n) is 8.90. The van der Waals surface area contributed by atoms with Gasteiger partial charge in [0.15, 0.2) is 5.65 Å². The summed E-state index contributed by atoms with van der Waals surface area (Å²) in [6, 6.07) is 0. The van der Waals surface area contributed by atoms with Crippen molar-refractivity contribution >= 4 is 17.0 Å². The first-order valence-corrected chi connectivity index (χ1v) is 4.63. The minimum absolute atomic E-state index is 0.0895. The van der Waals surface area contributed by atoms with Crippen LogP contribution in [0.1, 0.15) is 20.8 Å². The van der Waals surface area contributed by atoms with Crippen molar-refractivity contribution < 1.29 is 0 Å². The summed E-state index contributed by atoms with van der Waals surface area (Å²) in [5.41, 5.74) is 5.37. The van der Waals surface area contributed by atoms with Crippen molar-refractivity contribution in [1.82, 2.24) is 19.7 Å². The number of aromatic amines is 1. The van der Waals surface area contributed by atoms with Crippen molar-refractivity contribution in [3.8, 4) is 0 Å². The molecule has 0 radical (unpaired) electrons. The number of nitrogens with zero attached hydrogens (tertiary/aromatic N) is 3. The molecule has 2 rings (SSSR count). The molecule has 6 heteroatoms. The van der Waals surface area contributed by atoms with E-state index >= 15 is 0 Å². The lowest BCUT2D eigenvalue weighted by Gasteiger charge is -2.18. The van der Waals surface area contributed by atoms with E-state index in [4.69, 9.17) is 5.73 Å². The molecule has 0 amide bonds. The standard InChI is InChI=1S/C9H13N5O/c1-9(2,3)14-4-5-6(13-14)11-8(10)12-7(5)15/h4H,1-3H3,(H3,10,11,12,13,15). The quantitative estimate of drug-likeness (QED) is 0.656. The molecule has 2 aromatic rings. The van der Waals surface area contributed by atoms with Gasteiger partial charge < -0.3 is 5.73 Å². The van der Waals surface area contributed by atoms with E-state index in [1.165, 1.54) is 0 Å². The average Bonchev–Trinajstić information content (AvgIpc) is 2.46. The van der Waals surface area contributed by atoms with Crippen molar-refractivity contribution in [2.24, 2.45) is 0 Å². The minimum atomic E-state index is -0.256. The largest absolute Gasteiger partial charge is 0.369 e. The molecule has 0 fully saturated rings. The molecule has 0 aliphatic heterocycles. The van der Waals surface area contributed by atoms with Gasteiger partial charge in [-0.25, -0.2) is 0 Å². The van der Waals surface area contributed by atoms with Crippen molar-refractivity contribution in [3.05, 3.63) is 16.6 Å². The fourth-order valence-corrected chi connectivity index (χ4v) is 1.28. The monoisotopic (exact) mass is 207 g/mol. The minimum Gasteiger partial charge on any atom is -0.369 e. The zero-order valence-corrected chi connectivity index (χ0v) is 8.90. The molecule has 0 unspecified atom stereocenters. The Labute approximate surface area is 86.1 Å². The van der Waals surface area contributed by atoms with Gasteiger partial charge in [-0.1, -0.05) is 0 Å². The summed E-state index contributed by atoms with van der Waals surface area (Å²) in [6.45, 7) is 5.99. The summed E-state index contributed by atoms with van der Waals surface area (Å²) < 4.78 is 1.71. The first-order chi connectivity index (χ1) is 6.88. The van der Waals surface area contributed by atoms with Gasteiger partial charge in [0.25, 0.3) is 5.56 Å². The highest BCUT2D eigenvalue weighted by Crippen LogP contribution is 2.15. The summed E-state index contributed by atoms with van der Waals surface area (Å²) >= 11 is 0. The van der Waals surface area contributed by atoms with E-state index in [0.29, 0.717) is 11.0 Å². The maximum Gasteiger partial charge on any atom is 0.263 e. The number of aromatic nitrogens is 4. The number of nitrogens with one attached hydrogen (secondary N) is 1. The highest BCUT2D eigenvalue weighted by molar-refractivity contribution is 5.73. The maximum absolute atomic E-state index is 11.5. The van der Waals surface area contributed by atoms with E-state index < -0.39 is 0 Å². The third-order valence-electron chi connectivity index (χ3n) is 2.09. The molecule has 0 bridgehead atoms. The molecular weight excluding hydrogens is 194 g/mol. The van der Waals surface area contributed by atoms with Crippen molar-refractivity contribution in [1.29, 1.82) is 0 Å². The Hall–Kier alpha value is -1.85. The van der Waals surface area contributed by atoms with E-state index in [1.807, 2.05) is 20.8 Å². The first-order valence-electron chi connectivity index (χ1n) is 4.63. The Morgan fingerprint density at radius 3 is 2.73 bits per heavy atom. The number of hydrogen-bond donors (Lipinski definition) is 2. The molecule has 80 valence electrons. The number of H-pyrrole nitrogens is 1. The number of anilines is 1. The third-order valence-corrected chi connectivity index (χ3v) is 2.09. The highest BCUT2D eigenvalue weighted by Gasteiger charge is 2.16. The van der Waals surface area contributed by atoms with Gasteiger partial charge in [0.05, 0.1) is 5.54 Å². The van der Waals surface area contributed by atoms with Crippen LogP contribution in [0, 0.1) is 0 Å². The van der Waals surface area contributed by atoms with Gasteiger partial charge in [0.1, 0.15) is 5.39 Å². The molecule has 0 spiro atoms. The molecule has 15 heavy (non-hydrogen) atoms. The van der Waals surface area contributed by atoms with Crippen LogP contribution in [0.5, 0.6) is 0 Å². The van der Waals surface area contributed by atoms with Crippen molar-refractivity contribution in [2.75, 3.05) is 5.73 Å². The van der Waals surface area contributed by atoms with E-state index in [-0.39, 0.29) is 17.0 Å². The summed E-state index contributed by atoms with van der Waals surface area (Å²) in [5.74, 6) is 0.0895. The van der Waals surface area contributed by atoms with E-state index in [1.54, 1.807) is 10.9 Å². The summed E-state index contributed by atoms with van der Waals surface area (Å²) in [6.07, 6.45) is 1.68. The fourth-order valence-electron chi connectivity index (χ4n) is 1.28. The van der Waals surface area contributed by atoms with Gasteiger partial charge in [-0.3, -0.25) is 14.5 Å². The highest BCUT2D eigenvalue weighted by atomic mass is 16.1. The topological polar surface area (TPSA) is 89.6 Å². The number of hydrogen-bond acceptors (Lipinski definition) is 4. The van der Waals surface area contributed by atoms with Crippen LogP contribution in [0.2, 0.25) is 0 Å². The van der Waals surface area contributed by atoms with Gasteiger partial charge in [-0.05, 0) is 20.8 Å². The Morgan fingerprint density at radius 1 is 1.47 bits per heavy atom. The number of rotatable bonds is 0. The zero-order chi connectivity index (χ0) is 11.2. The van der Waals surface area contributed by atoms with Gasteiger partial charge in [-0.15, -0.1) is 0 Å². The van der Waals surface area contributed by atoms with Crippen LogP contribution in [0.15, 0.2) is 11.0 Å². The summed E-state index contributed by atoms with van der Waals surface area (Å²) in [4.78, 5) is 17.9. The fraction of sp³-hybridized carbons (Fsp3) is 0.444. The molecule has 0 aliphatic rings. The molecule has 0 aromatic carbocycles. The smallest absolute Gasteiger partial charge is 0.263 e. The second kappa shape index (κ2) is 2.82. The van der Waals surface area contributed by atoms with Crippen LogP contribution in [-0.4, -0.2) is 19.7 Å². The second-order valence-corrected chi connectivity index (χ2v) is 4.43. The van der Waals surface area contributed by atoms with Crippen LogP contribution in [0.25, 0.3) is 11.0 Å². The van der Waals surface area contributed by atoms with Crippen LogP contribution < -0.4 is 11.3 Å². The van der Waals surface area contributed by atoms with Crippen LogP contribution in [-0.2, 0) is 5.54 Å². The lowest BCUT2D eigenvalue weighted by Crippen LogP contribution is -2.22. The molecule has 3 N–H and O–H groups in total. The molecule has 0 saturated heterocycles. The van der Waals surface area contributed by atoms with Crippen LogP contribution >= 0.6 is 0 Å². The molecule has 6 nitrogen and oxygen atoms in total. The Morgan fingerprint density at radius 2 is 2.13 bits per heavy atom. The molecule has 0 atom stereocenters. The van der Waals surface area contributed by atoms with Crippen molar-refractivity contribution in [2.45, 2.75) is 26.3 Å². The van der Waals surface area contributed by atoms with E-state index in [2.05, 4.69) is 15.1 Å².